The summed E-state index contributed by atoms with van der Waals surface area (Å²) < 4.78 is 31.8. The molecule has 0 fully saturated rings. The van der Waals surface area contributed by atoms with Gasteiger partial charge in [0.2, 0.25) is 0 Å². The molecule has 2 N–H and O–H groups in total. The largest absolute Gasteiger partial charge is 0.508 e. The molecule has 0 spiro atoms. The van der Waals surface area contributed by atoms with Crippen molar-refractivity contribution < 1.29 is 23.1 Å². The number of ether oxygens (including phenoxy) is 1. The van der Waals surface area contributed by atoms with Gasteiger partial charge < -0.3 is 15.2 Å². The van der Waals surface area contributed by atoms with Gasteiger partial charge in [-0.2, -0.15) is 8.42 Å². The third-order valence-corrected chi connectivity index (χ3v) is 3.65. The van der Waals surface area contributed by atoms with Crippen LogP contribution >= 0.6 is 0 Å². The summed E-state index contributed by atoms with van der Waals surface area (Å²) in [6.07, 6.45) is 0.756. The Morgan fingerprint density at radius 1 is 1.47 bits per heavy atom. The fourth-order valence-electron chi connectivity index (χ4n) is 1.53. The molecule has 1 aromatic rings. The van der Waals surface area contributed by atoms with Gasteiger partial charge in [-0.1, -0.05) is 6.92 Å². The topological polar surface area (TPSA) is 105 Å². The molecule has 102 valence electrons. The van der Waals surface area contributed by atoms with E-state index in [0.717, 1.165) is 6.07 Å². The zero-order chi connectivity index (χ0) is 14.0. The van der Waals surface area contributed by atoms with Crippen molar-refractivity contribution in [2.45, 2.75) is 24.7 Å². The van der Waals surface area contributed by atoms with E-state index in [1.54, 1.807) is 6.92 Å². The first-order chi connectivity index (χ1) is 8.92. The second-order valence-corrected chi connectivity index (χ2v) is 5.47. The lowest BCUT2D eigenvalue weighted by Gasteiger charge is -2.17. The first kappa shape index (κ1) is 13.3. The molecule has 0 aliphatic carbocycles. The highest BCUT2D eigenvalue weighted by Crippen LogP contribution is 2.30. The first-order valence-corrected chi connectivity index (χ1v) is 7.02. The monoisotopic (exact) mass is 284 g/mol. The lowest BCUT2D eigenvalue weighted by atomic mass is 10.3. The minimum Gasteiger partial charge on any atom is -0.508 e. The Balaban J connectivity index is 2.32. The van der Waals surface area contributed by atoms with Crippen LogP contribution in [0.2, 0.25) is 0 Å². The summed E-state index contributed by atoms with van der Waals surface area (Å²) in [5.74, 6) is -0.753. The van der Waals surface area contributed by atoms with Crippen LogP contribution in [0.5, 0.6) is 5.75 Å². The van der Waals surface area contributed by atoms with Crippen molar-refractivity contribution in [2.24, 2.45) is 4.40 Å². The summed E-state index contributed by atoms with van der Waals surface area (Å²) >= 11 is 0. The minimum atomic E-state index is -3.99. The normalized spacial score (nSPS) is 15.9. The van der Waals surface area contributed by atoms with Crippen LogP contribution < -0.4 is 5.32 Å². The Hall–Kier alpha value is -2.09. The Bertz CT molecular complexity index is 651. The van der Waals surface area contributed by atoms with Crippen molar-refractivity contribution in [2.75, 3.05) is 5.32 Å². The number of esters is 1. The highest BCUT2D eigenvalue weighted by molar-refractivity contribution is 7.90. The second-order valence-electron chi connectivity index (χ2n) is 3.90. The minimum absolute atomic E-state index is 0.164. The number of sulfonamides is 1. The number of phenols is 1. The highest BCUT2D eigenvalue weighted by Gasteiger charge is 2.27. The SMILES string of the molecule is CCCC(=O)OC1=NS(=O)(=O)c2cc(O)ccc2N1. The molecular formula is C11H12N2O5S. The van der Waals surface area contributed by atoms with E-state index >= 15 is 0 Å². The van der Waals surface area contributed by atoms with Gasteiger partial charge in [0, 0.05) is 12.5 Å². The summed E-state index contributed by atoms with van der Waals surface area (Å²) in [6, 6.07) is 3.38. The van der Waals surface area contributed by atoms with Gasteiger partial charge in [0.05, 0.1) is 5.69 Å². The molecule has 1 aliphatic heterocycles. The smallest absolute Gasteiger partial charge is 0.313 e. The molecule has 1 aliphatic rings. The van der Waals surface area contributed by atoms with Crippen LogP contribution in [0.25, 0.3) is 0 Å². The van der Waals surface area contributed by atoms with E-state index in [1.165, 1.54) is 12.1 Å². The fourth-order valence-corrected chi connectivity index (χ4v) is 2.60. The van der Waals surface area contributed by atoms with Crippen molar-refractivity contribution in [3.63, 3.8) is 0 Å². The number of carbonyl (C=O) groups excluding carboxylic acids is 1. The molecule has 0 saturated carbocycles. The average Bonchev–Trinajstić information content (AvgIpc) is 2.30. The highest BCUT2D eigenvalue weighted by atomic mass is 32.2. The second kappa shape index (κ2) is 4.88. The van der Waals surface area contributed by atoms with Crippen molar-refractivity contribution in [1.82, 2.24) is 0 Å². The van der Waals surface area contributed by atoms with Gasteiger partial charge in [-0.15, -0.1) is 4.40 Å². The number of hydrogen-bond donors (Lipinski definition) is 2. The van der Waals surface area contributed by atoms with E-state index in [4.69, 9.17) is 4.74 Å². The van der Waals surface area contributed by atoms with Gasteiger partial charge in [-0.05, 0) is 18.6 Å². The average molecular weight is 284 g/mol. The Morgan fingerprint density at radius 2 is 2.21 bits per heavy atom. The van der Waals surface area contributed by atoms with E-state index in [9.17, 15) is 18.3 Å². The maximum absolute atomic E-state index is 11.8. The van der Waals surface area contributed by atoms with Crippen LogP contribution in [0.15, 0.2) is 27.5 Å². The molecule has 19 heavy (non-hydrogen) atoms. The number of aromatic hydroxyl groups is 1. The summed E-state index contributed by atoms with van der Waals surface area (Å²) in [5, 5.41) is 11.9. The van der Waals surface area contributed by atoms with Gasteiger partial charge in [-0.3, -0.25) is 4.79 Å². The molecule has 1 heterocycles. The summed E-state index contributed by atoms with van der Waals surface area (Å²) in [4.78, 5) is 11.1. The zero-order valence-corrected chi connectivity index (χ0v) is 10.9. The lowest BCUT2D eigenvalue weighted by Crippen LogP contribution is -2.26. The summed E-state index contributed by atoms with van der Waals surface area (Å²) in [6.45, 7) is 1.80. The van der Waals surface area contributed by atoms with Crippen LogP contribution in [0, 0.1) is 0 Å². The quantitative estimate of drug-likeness (QED) is 0.624. The van der Waals surface area contributed by atoms with Crippen molar-refractivity contribution >= 4 is 27.7 Å². The van der Waals surface area contributed by atoms with Gasteiger partial charge in [0.25, 0.3) is 10.0 Å². The molecule has 0 amide bonds. The number of anilines is 1. The van der Waals surface area contributed by atoms with E-state index in [-0.39, 0.29) is 28.8 Å². The van der Waals surface area contributed by atoms with Crippen molar-refractivity contribution in [3.05, 3.63) is 18.2 Å². The Labute approximate surface area is 110 Å². The number of amidine groups is 1. The molecule has 7 nitrogen and oxygen atoms in total. The van der Waals surface area contributed by atoms with E-state index in [2.05, 4.69) is 9.71 Å². The number of benzene rings is 1. The predicted octanol–water partition coefficient (Wildman–Crippen LogP) is 1.21. The number of nitrogens with one attached hydrogen (secondary N) is 1. The maximum atomic E-state index is 11.8. The maximum Gasteiger partial charge on any atom is 0.313 e. The van der Waals surface area contributed by atoms with Crippen molar-refractivity contribution in [3.8, 4) is 5.75 Å². The zero-order valence-electron chi connectivity index (χ0n) is 10.1. The van der Waals surface area contributed by atoms with E-state index in [0.29, 0.717) is 6.42 Å². The number of nitrogens with zero attached hydrogens (tertiary/aromatic N) is 1. The molecule has 2 rings (SSSR count). The van der Waals surface area contributed by atoms with Crippen LogP contribution in [0.3, 0.4) is 0 Å². The van der Waals surface area contributed by atoms with Crippen LogP contribution in [-0.2, 0) is 19.6 Å². The van der Waals surface area contributed by atoms with E-state index in [1.807, 2.05) is 0 Å². The standard InChI is InChI=1S/C11H12N2O5S/c1-2-3-10(15)18-11-12-8-5-4-7(14)6-9(8)19(16,17)13-11/h4-6,14H,2-3H2,1H3,(H,12,13). The molecule has 0 aromatic heterocycles. The summed E-state index contributed by atoms with van der Waals surface area (Å²) in [7, 11) is -3.99. The molecule has 0 atom stereocenters. The molecule has 0 bridgehead atoms. The van der Waals surface area contributed by atoms with Crippen molar-refractivity contribution in [1.29, 1.82) is 0 Å². The number of phenolic OH excluding ortho intramolecular Hbond substituents is 1. The Kier molecular flexibility index (Phi) is 3.43. The van der Waals surface area contributed by atoms with Crippen LogP contribution in [0.1, 0.15) is 19.8 Å². The fraction of sp³-hybridized carbons (Fsp3) is 0.273. The van der Waals surface area contributed by atoms with Gasteiger partial charge in [-0.25, -0.2) is 0 Å². The number of hydrogen-bond acceptors (Lipinski definition) is 6. The van der Waals surface area contributed by atoms with Gasteiger partial charge >= 0.3 is 12.0 Å². The molecule has 1 aromatic carbocycles. The molecule has 0 unspecified atom stereocenters. The molecule has 8 heteroatoms. The lowest BCUT2D eigenvalue weighted by molar-refractivity contribution is -0.135. The third-order valence-electron chi connectivity index (χ3n) is 2.35. The molecule has 0 saturated heterocycles. The predicted molar refractivity (Wildman–Crippen MR) is 67.4 cm³/mol. The molecular weight excluding hydrogens is 272 g/mol. The summed E-state index contributed by atoms with van der Waals surface area (Å²) in [5.41, 5.74) is 0.201. The van der Waals surface area contributed by atoms with Gasteiger partial charge in [0.1, 0.15) is 10.6 Å². The van der Waals surface area contributed by atoms with Crippen LogP contribution in [0.4, 0.5) is 5.69 Å². The van der Waals surface area contributed by atoms with E-state index < -0.39 is 16.0 Å². The van der Waals surface area contributed by atoms with Crippen LogP contribution in [-0.4, -0.2) is 25.5 Å². The van der Waals surface area contributed by atoms with Gasteiger partial charge in [0.15, 0.2) is 0 Å². The number of carbonyl (C=O) groups is 1. The number of fused-ring (bicyclic) bond motifs is 1. The third kappa shape index (κ3) is 2.84. The first-order valence-electron chi connectivity index (χ1n) is 5.58. The Morgan fingerprint density at radius 3 is 2.89 bits per heavy atom. The molecule has 0 radical (unpaired) electrons. The number of rotatable bonds is 2.